The molecule has 1 aromatic carbocycles. The van der Waals surface area contributed by atoms with E-state index in [0.717, 1.165) is 6.61 Å². The summed E-state index contributed by atoms with van der Waals surface area (Å²) in [4.78, 5) is 0. The van der Waals surface area contributed by atoms with Crippen LogP contribution in [-0.2, 0) is 4.74 Å². The van der Waals surface area contributed by atoms with Crippen LogP contribution in [0.3, 0.4) is 0 Å². The van der Waals surface area contributed by atoms with Gasteiger partial charge in [-0.1, -0.05) is 49.4 Å². The van der Waals surface area contributed by atoms with E-state index in [1.807, 2.05) is 6.07 Å². The van der Waals surface area contributed by atoms with Gasteiger partial charge in [0.25, 0.3) is 0 Å². The maximum absolute atomic E-state index is 5.69. The second kappa shape index (κ2) is 3.75. The highest BCUT2D eigenvalue weighted by atomic mass is 16.5. The second-order valence-corrected chi connectivity index (χ2v) is 3.45. The van der Waals surface area contributed by atoms with Gasteiger partial charge in [-0.05, 0) is 5.56 Å². The van der Waals surface area contributed by atoms with E-state index in [1.165, 1.54) is 5.56 Å². The summed E-state index contributed by atoms with van der Waals surface area (Å²) >= 11 is 0. The fourth-order valence-electron chi connectivity index (χ4n) is 1.72. The minimum atomic E-state index is 0.242. The summed E-state index contributed by atoms with van der Waals surface area (Å²) in [7, 11) is 0. The number of hydrogen-bond donors (Lipinski definition) is 0. The van der Waals surface area contributed by atoms with Crippen molar-refractivity contribution < 1.29 is 4.74 Å². The molecule has 0 radical (unpaired) electrons. The van der Waals surface area contributed by atoms with Crippen LogP contribution in [0.25, 0.3) is 0 Å². The lowest BCUT2D eigenvalue weighted by atomic mass is 9.95. The van der Waals surface area contributed by atoms with E-state index in [9.17, 15) is 0 Å². The fourth-order valence-corrected chi connectivity index (χ4v) is 1.72. The average molecular weight is 174 g/mol. The van der Waals surface area contributed by atoms with Gasteiger partial charge in [-0.2, -0.15) is 0 Å². The Balaban J connectivity index is 2.22. The zero-order chi connectivity index (χ0) is 9.10. The first kappa shape index (κ1) is 8.52. The van der Waals surface area contributed by atoms with Crippen LogP contribution in [0, 0.1) is 5.92 Å². The van der Waals surface area contributed by atoms with Gasteiger partial charge < -0.3 is 4.74 Å². The average Bonchev–Trinajstić information content (AvgIpc) is 2.20. The van der Waals surface area contributed by atoms with Crippen molar-refractivity contribution in [2.24, 2.45) is 5.92 Å². The zero-order valence-electron chi connectivity index (χ0n) is 7.81. The van der Waals surface area contributed by atoms with E-state index >= 15 is 0 Å². The molecular weight excluding hydrogens is 160 g/mol. The Labute approximate surface area is 79.0 Å². The summed E-state index contributed by atoms with van der Waals surface area (Å²) in [6, 6.07) is 10.4. The van der Waals surface area contributed by atoms with E-state index in [4.69, 9.17) is 4.74 Å². The normalized spacial score (nSPS) is 27.5. The van der Waals surface area contributed by atoms with Gasteiger partial charge in [0.15, 0.2) is 0 Å². The molecule has 0 aromatic heterocycles. The Morgan fingerprint density at radius 2 is 2.00 bits per heavy atom. The molecule has 1 heterocycles. The number of hydrogen-bond acceptors (Lipinski definition) is 1. The lowest BCUT2D eigenvalue weighted by molar-refractivity contribution is 0.0375. The van der Waals surface area contributed by atoms with Crippen LogP contribution in [0.4, 0.5) is 0 Å². The van der Waals surface area contributed by atoms with Crippen LogP contribution in [0.2, 0.25) is 0 Å². The minimum Gasteiger partial charge on any atom is -0.369 e. The van der Waals surface area contributed by atoms with Gasteiger partial charge >= 0.3 is 0 Å². The summed E-state index contributed by atoms with van der Waals surface area (Å²) < 4.78 is 5.69. The highest BCUT2D eigenvalue weighted by Crippen LogP contribution is 2.29. The van der Waals surface area contributed by atoms with Gasteiger partial charge in [-0.3, -0.25) is 0 Å². The van der Waals surface area contributed by atoms with Gasteiger partial charge in [0.1, 0.15) is 0 Å². The predicted octanol–water partition coefficient (Wildman–Crippen LogP) is 2.95. The minimum absolute atomic E-state index is 0.242. The van der Waals surface area contributed by atoms with Crippen LogP contribution in [-0.4, -0.2) is 6.61 Å². The van der Waals surface area contributed by atoms with Crippen molar-refractivity contribution in [2.75, 3.05) is 6.61 Å². The third kappa shape index (κ3) is 1.81. The molecule has 1 nitrogen and oxygen atoms in total. The molecule has 0 fully saturated rings. The summed E-state index contributed by atoms with van der Waals surface area (Å²) in [6.07, 6.45) is 4.55. The van der Waals surface area contributed by atoms with E-state index in [1.54, 1.807) is 0 Å². The van der Waals surface area contributed by atoms with Crippen molar-refractivity contribution >= 4 is 0 Å². The Kier molecular flexibility index (Phi) is 2.46. The van der Waals surface area contributed by atoms with Crippen molar-refractivity contribution in [1.29, 1.82) is 0 Å². The maximum Gasteiger partial charge on any atom is 0.0889 e. The molecule has 1 heteroatoms. The fraction of sp³-hybridized carbons (Fsp3) is 0.333. The Hall–Kier alpha value is -1.08. The second-order valence-electron chi connectivity index (χ2n) is 3.45. The maximum atomic E-state index is 5.69. The molecule has 13 heavy (non-hydrogen) atoms. The molecule has 0 saturated heterocycles. The molecule has 0 bridgehead atoms. The summed E-state index contributed by atoms with van der Waals surface area (Å²) in [6.45, 7) is 2.93. The largest absolute Gasteiger partial charge is 0.369 e. The lowest BCUT2D eigenvalue weighted by Gasteiger charge is -2.25. The molecule has 0 spiro atoms. The molecule has 0 N–H and O–H groups in total. The highest BCUT2D eigenvalue weighted by Gasteiger charge is 2.19. The van der Waals surface area contributed by atoms with Crippen molar-refractivity contribution in [2.45, 2.75) is 13.0 Å². The lowest BCUT2D eigenvalue weighted by Crippen LogP contribution is -2.15. The molecular formula is C12H14O. The van der Waals surface area contributed by atoms with Gasteiger partial charge in [0.05, 0.1) is 12.7 Å². The smallest absolute Gasteiger partial charge is 0.0889 e. The van der Waals surface area contributed by atoms with Crippen molar-refractivity contribution in [1.82, 2.24) is 0 Å². The van der Waals surface area contributed by atoms with Crippen molar-refractivity contribution in [3.05, 3.63) is 48.0 Å². The first-order valence-corrected chi connectivity index (χ1v) is 4.71. The summed E-state index contributed by atoms with van der Waals surface area (Å²) in [5.74, 6) is 0.483. The van der Waals surface area contributed by atoms with Crippen LogP contribution in [0.15, 0.2) is 42.5 Å². The third-order valence-electron chi connectivity index (χ3n) is 2.42. The van der Waals surface area contributed by atoms with Gasteiger partial charge in [0.2, 0.25) is 0 Å². The van der Waals surface area contributed by atoms with E-state index in [0.29, 0.717) is 5.92 Å². The molecule has 1 aliphatic rings. The topological polar surface area (TPSA) is 9.23 Å². The summed E-state index contributed by atoms with van der Waals surface area (Å²) in [5.41, 5.74) is 1.28. The van der Waals surface area contributed by atoms with E-state index in [-0.39, 0.29) is 6.10 Å². The van der Waals surface area contributed by atoms with E-state index < -0.39 is 0 Å². The number of rotatable bonds is 1. The highest BCUT2D eigenvalue weighted by molar-refractivity contribution is 5.20. The van der Waals surface area contributed by atoms with Crippen molar-refractivity contribution in [3.63, 3.8) is 0 Å². The van der Waals surface area contributed by atoms with Crippen molar-refractivity contribution in [3.8, 4) is 0 Å². The predicted molar refractivity (Wildman–Crippen MR) is 53.4 cm³/mol. The van der Waals surface area contributed by atoms with Gasteiger partial charge in [-0.25, -0.2) is 0 Å². The SMILES string of the molecule is C[C@@H]1C=CCOC1c1ccccc1. The summed E-state index contributed by atoms with van der Waals surface area (Å²) in [5, 5.41) is 0. The Morgan fingerprint density at radius 1 is 1.23 bits per heavy atom. The van der Waals surface area contributed by atoms with Crippen LogP contribution >= 0.6 is 0 Å². The van der Waals surface area contributed by atoms with Crippen LogP contribution < -0.4 is 0 Å². The zero-order valence-corrected chi connectivity index (χ0v) is 7.81. The molecule has 0 aliphatic carbocycles. The van der Waals surface area contributed by atoms with Gasteiger partial charge in [-0.15, -0.1) is 0 Å². The first-order chi connectivity index (χ1) is 6.38. The third-order valence-corrected chi connectivity index (χ3v) is 2.42. The molecule has 1 aromatic rings. The molecule has 0 saturated carbocycles. The number of benzene rings is 1. The first-order valence-electron chi connectivity index (χ1n) is 4.71. The van der Waals surface area contributed by atoms with Gasteiger partial charge in [0, 0.05) is 5.92 Å². The Bertz CT molecular complexity index is 289. The monoisotopic (exact) mass is 174 g/mol. The standard InChI is InChI=1S/C12H14O/c1-10-6-5-9-13-12(10)11-7-3-2-4-8-11/h2-8,10,12H,9H2,1H3/t10-,12?/m1/s1. The molecule has 1 aliphatic heterocycles. The molecule has 1 unspecified atom stereocenters. The van der Waals surface area contributed by atoms with E-state index in [2.05, 4.69) is 43.3 Å². The number of ether oxygens (including phenoxy) is 1. The quantitative estimate of drug-likeness (QED) is 0.595. The Morgan fingerprint density at radius 3 is 2.69 bits per heavy atom. The van der Waals surface area contributed by atoms with Crippen LogP contribution in [0.1, 0.15) is 18.6 Å². The van der Waals surface area contributed by atoms with Crippen LogP contribution in [0.5, 0.6) is 0 Å². The molecule has 68 valence electrons. The molecule has 2 atom stereocenters. The molecule has 2 rings (SSSR count). The molecule has 0 amide bonds.